The lowest BCUT2D eigenvalue weighted by atomic mass is 10.1. The number of morpholine rings is 1. The maximum absolute atomic E-state index is 12.2. The molecule has 0 radical (unpaired) electrons. The van der Waals surface area contributed by atoms with E-state index in [0.29, 0.717) is 6.42 Å². The van der Waals surface area contributed by atoms with Crippen molar-refractivity contribution < 1.29 is 14.3 Å². The van der Waals surface area contributed by atoms with Crippen LogP contribution in [0.5, 0.6) is 0 Å². The van der Waals surface area contributed by atoms with Crippen molar-refractivity contribution in [1.82, 2.24) is 24.7 Å². The fourth-order valence-corrected chi connectivity index (χ4v) is 3.95. The maximum Gasteiger partial charge on any atom is 0.327 e. The van der Waals surface area contributed by atoms with Crippen molar-refractivity contribution in [2.24, 2.45) is 0 Å². The molecule has 0 saturated carbocycles. The highest BCUT2D eigenvalue weighted by molar-refractivity contribution is 5.96. The largest absolute Gasteiger partial charge is 0.378 e. The Morgan fingerprint density at radius 1 is 1.00 bits per heavy atom. The average Bonchev–Trinajstić information content (AvgIpc) is 2.76. The van der Waals surface area contributed by atoms with Crippen LogP contribution in [-0.4, -0.2) is 109 Å². The summed E-state index contributed by atoms with van der Waals surface area (Å²) in [5, 5.41) is 0. The van der Waals surface area contributed by atoms with E-state index in [0.717, 1.165) is 64.2 Å². The number of rotatable bonds is 3. The lowest BCUT2D eigenvalue weighted by Crippen LogP contribution is -2.62. The SMILES string of the molecule is CN1C(=O)CC(N2CCN(c3nccc(N4CCOCC4)n3)CC2)N(C)C1=O. The molecule has 3 aliphatic heterocycles. The fourth-order valence-electron chi connectivity index (χ4n) is 3.95. The molecule has 3 fully saturated rings. The van der Waals surface area contributed by atoms with Crippen LogP contribution in [0, 0.1) is 0 Å². The van der Waals surface area contributed by atoms with Gasteiger partial charge in [0, 0.05) is 59.6 Å². The number of imide groups is 1. The number of nitrogens with zero attached hydrogens (tertiary/aromatic N) is 7. The molecule has 10 heteroatoms. The smallest absolute Gasteiger partial charge is 0.327 e. The third kappa shape index (κ3) is 3.61. The minimum absolute atomic E-state index is 0.128. The Balaban J connectivity index is 1.39. The van der Waals surface area contributed by atoms with Gasteiger partial charge in [-0.15, -0.1) is 0 Å². The fraction of sp³-hybridized carbons (Fsp3) is 0.667. The number of carbonyl (C=O) groups is 2. The van der Waals surface area contributed by atoms with Gasteiger partial charge in [-0.05, 0) is 6.07 Å². The first-order valence-electron chi connectivity index (χ1n) is 9.72. The summed E-state index contributed by atoms with van der Waals surface area (Å²) in [7, 11) is 3.30. The maximum atomic E-state index is 12.2. The van der Waals surface area contributed by atoms with Crippen LogP contribution in [0.15, 0.2) is 12.3 Å². The molecule has 1 atom stereocenters. The van der Waals surface area contributed by atoms with Gasteiger partial charge in [0.25, 0.3) is 0 Å². The molecule has 1 aromatic rings. The van der Waals surface area contributed by atoms with E-state index >= 15 is 0 Å². The second kappa shape index (κ2) is 7.88. The molecular weight excluding hydrogens is 362 g/mol. The van der Waals surface area contributed by atoms with Gasteiger partial charge in [-0.25, -0.2) is 9.78 Å². The molecule has 152 valence electrons. The van der Waals surface area contributed by atoms with Crippen molar-refractivity contribution in [3.63, 3.8) is 0 Å². The number of carbonyl (C=O) groups excluding carboxylic acids is 2. The van der Waals surface area contributed by atoms with Gasteiger partial charge in [-0.3, -0.25) is 14.6 Å². The molecule has 3 amide bonds. The molecule has 3 saturated heterocycles. The van der Waals surface area contributed by atoms with Crippen LogP contribution < -0.4 is 9.80 Å². The highest BCUT2D eigenvalue weighted by Crippen LogP contribution is 2.22. The molecule has 1 unspecified atom stereocenters. The van der Waals surface area contributed by atoms with Crippen molar-refractivity contribution in [2.75, 3.05) is 76.4 Å². The third-order valence-electron chi connectivity index (χ3n) is 5.75. The number of hydrogen-bond acceptors (Lipinski definition) is 8. The number of piperazine rings is 1. The topological polar surface area (TPSA) is 85.3 Å². The molecule has 0 bridgehead atoms. The zero-order valence-corrected chi connectivity index (χ0v) is 16.5. The lowest BCUT2D eigenvalue weighted by molar-refractivity contribution is -0.134. The van der Waals surface area contributed by atoms with Crippen molar-refractivity contribution >= 4 is 23.7 Å². The first kappa shape index (κ1) is 18.9. The molecule has 4 rings (SSSR count). The molecule has 0 aliphatic carbocycles. The van der Waals surface area contributed by atoms with E-state index in [1.165, 1.54) is 11.9 Å². The highest BCUT2D eigenvalue weighted by Gasteiger charge is 2.38. The average molecular weight is 389 g/mol. The zero-order valence-electron chi connectivity index (χ0n) is 16.5. The number of anilines is 2. The first-order chi connectivity index (χ1) is 13.5. The van der Waals surface area contributed by atoms with Crippen LogP contribution in [0.1, 0.15) is 6.42 Å². The van der Waals surface area contributed by atoms with E-state index < -0.39 is 0 Å². The van der Waals surface area contributed by atoms with E-state index in [4.69, 9.17) is 9.72 Å². The Morgan fingerprint density at radius 2 is 1.71 bits per heavy atom. The Kier molecular flexibility index (Phi) is 5.31. The molecule has 0 N–H and O–H groups in total. The summed E-state index contributed by atoms with van der Waals surface area (Å²) in [6.45, 7) is 6.15. The molecule has 10 nitrogen and oxygen atoms in total. The van der Waals surface area contributed by atoms with E-state index in [1.807, 2.05) is 12.3 Å². The quantitative estimate of drug-likeness (QED) is 0.695. The van der Waals surface area contributed by atoms with Gasteiger partial charge < -0.3 is 19.4 Å². The van der Waals surface area contributed by atoms with Crippen LogP contribution in [0.4, 0.5) is 16.6 Å². The van der Waals surface area contributed by atoms with Crippen LogP contribution in [0.2, 0.25) is 0 Å². The summed E-state index contributed by atoms with van der Waals surface area (Å²) >= 11 is 0. The van der Waals surface area contributed by atoms with Gasteiger partial charge in [0.1, 0.15) is 5.82 Å². The van der Waals surface area contributed by atoms with Crippen molar-refractivity contribution in [2.45, 2.75) is 12.6 Å². The van der Waals surface area contributed by atoms with Crippen molar-refractivity contribution in [3.8, 4) is 0 Å². The summed E-state index contributed by atoms with van der Waals surface area (Å²) in [4.78, 5) is 42.9. The zero-order chi connectivity index (χ0) is 19.7. The number of ether oxygens (including phenoxy) is 1. The van der Waals surface area contributed by atoms with Crippen LogP contribution in [0.3, 0.4) is 0 Å². The first-order valence-corrected chi connectivity index (χ1v) is 9.72. The van der Waals surface area contributed by atoms with Crippen LogP contribution >= 0.6 is 0 Å². The second-order valence-corrected chi connectivity index (χ2v) is 7.37. The summed E-state index contributed by atoms with van der Waals surface area (Å²) in [5.74, 6) is 1.53. The van der Waals surface area contributed by atoms with Gasteiger partial charge in [0.05, 0.1) is 25.8 Å². The van der Waals surface area contributed by atoms with Crippen LogP contribution in [0.25, 0.3) is 0 Å². The second-order valence-electron chi connectivity index (χ2n) is 7.37. The number of aromatic nitrogens is 2. The van der Waals surface area contributed by atoms with Gasteiger partial charge in [-0.1, -0.05) is 0 Å². The standard InChI is InChI=1S/C18H27N7O3/c1-21-15(13-16(26)22(2)18(21)27)24-5-7-25(8-6-24)17-19-4-3-14(20-17)23-9-11-28-12-10-23/h3-4,15H,5-13H2,1-2H3. The third-order valence-corrected chi connectivity index (χ3v) is 5.75. The van der Waals surface area contributed by atoms with Gasteiger partial charge in [0.2, 0.25) is 11.9 Å². The van der Waals surface area contributed by atoms with Gasteiger partial charge in [-0.2, -0.15) is 4.98 Å². The molecule has 3 aliphatic rings. The molecular formula is C18H27N7O3. The Bertz CT molecular complexity index is 732. The van der Waals surface area contributed by atoms with E-state index in [2.05, 4.69) is 19.7 Å². The Labute approximate surface area is 164 Å². The molecule has 28 heavy (non-hydrogen) atoms. The van der Waals surface area contributed by atoms with Gasteiger partial charge in [0.15, 0.2) is 0 Å². The predicted octanol–water partition coefficient (Wildman–Crippen LogP) is -0.325. The number of urea groups is 1. The molecule has 0 spiro atoms. The predicted molar refractivity (Wildman–Crippen MR) is 103 cm³/mol. The Morgan fingerprint density at radius 3 is 2.43 bits per heavy atom. The lowest BCUT2D eigenvalue weighted by Gasteiger charge is -2.45. The Hall–Kier alpha value is -2.46. The summed E-state index contributed by atoms with van der Waals surface area (Å²) < 4.78 is 5.41. The van der Waals surface area contributed by atoms with Crippen molar-refractivity contribution in [3.05, 3.63) is 12.3 Å². The number of hydrogen-bond donors (Lipinski definition) is 0. The van der Waals surface area contributed by atoms with E-state index in [-0.39, 0.29) is 18.1 Å². The molecule has 4 heterocycles. The minimum Gasteiger partial charge on any atom is -0.378 e. The monoisotopic (exact) mass is 389 g/mol. The normalized spacial score (nSPS) is 24.9. The summed E-state index contributed by atoms with van der Waals surface area (Å²) in [6.07, 6.45) is 1.96. The molecule has 1 aromatic heterocycles. The summed E-state index contributed by atoms with van der Waals surface area (Å²) in [5.41, 5.74) is 0. The minimum atomic E-state index is -0.245. The number of amides is 3. The molecule has 0 aromatic carbocycles. The van der Waals surface area contributed by atoms with Crippen molar-refractivity contribution in [1.29, 1.82) is 0 Å². The van der Waals surface area contributed by atoms with E-state index in [1.54, 1.807) is 11.9 Å². The van der Waals surface area contributed by atoms with Crippen LogP contribution in [-0.2, 0) is 9.53 Å². The highest BCUT2D eigenvalue weighted by atomic mass is 16.5. The van der Waals surface area contributed by atoms with Gasteiger partial charge >= 0.3 is 6.03 Å². The summed E-state index contributed by atoms with van der Waals surface area (Å²) in [6, 6.07) is 1.70. The van der Waals surface area contributed by atoms with E-state index in [9.17, 15) is 9.59 Å².